The van der Waals surface area contributed by atoms with Gasteiger partial charge in [-0.3, -0.25) is 9.59 Å². The number of H-pyrrole nitrogens is 1. The van der Waals surface area contributed by atoms with Crippen molar-refractivity contribution in [2.45, 2.75) is 24.7 Å². The van der Waals surface area contributed by atoms with E-state index in [1.54, 1.807) is 0 Å². The van der Waals surface area contributed by atoms with Gasteiger partial charge in [0, 0.05) is 29.8 Å². The van der Waals surface area contributed by atoms with Gasteiger partial charge in [-0.25, -0.2) is 4.98 Å². The number of benzene rings is 2. The normalized spacial score (nSPS) is 10.8. The zero-order chi connectivity index (χ0) is 19.9. The van der Waals surface area contributed by atoms with Crippen LogP contribution in [0.2, 0.25) is 5.02 Å². The number of thioether (sulfide) groups is 1. The quantitative estimate of drug-likeness (QED) is 0.382. The molecule has 0 aliphatic carbocycles. The highest BCUT2D eigenvalue weighted by Gasteiger charge is 2.08. The number of amides is 2. The van der Waals surface area contributed by atoms with Gasteiger partial charge in [0.25, 0.3) is 0 Å². The molecule has 6 nitrogen and oxygen atoms in total. The van der Waals surface area contributed by atoms with Crippen LogP contribution >= 0.6 is 23.4 Å². The van der Waals surface area contributed by atoms with Gasteiger partial charge in [-0.05, 0) is 36.8 Å². The van der Waals surface area contributed by atoms with E-state index in [4.69, 9.17) is 11.6 Å². The predicted molar refractivity (Wildman–Crippen MR) is 114 cm³/mol. The van der Waals surface area contributed by atoms with Crippen molar-refractivity contribution in [1.29, 1.82) is 0 Å². The Labute approximate surface area is 172 Å². The maximum Gasteiger partial charge on any atom is 0.230 e. The SMILES string of the molecule is CC(=O)Nc1ccccc1SCC(=O)NCCCc1nc2ccc(Cl)cc2[nH]1. The van der Waals surface area contributed by atoms with Crippen molar-refractivity contribution in [3.8, 4) is 0 Å². The summed E-state index contributed by atoms with van der Waals surface area (Å²) in [6.45, 7) is 2.04. The van der Waals surface area contributed by atoms with Crippen molar-refractivity contribution in [2.75, 3.05) is 17.6 Å². The summed E-state index contributed by atoms with van der Waals surface area (Å²) in [4.78, 5) is 32.0. The first-order chi connectivity index (χ1) is 13.5. The lowest BCUT2D eigenvalue weighted by Gasteiger charge is -2.09. The second-order valence-electron chi connectivity index (χ2n) is 6.26. The monoisotopic (exact) mass is 416 g/mol. The Kier molecular flexibility index (Phi) is 6.95. The average molecular weight is 417 g/mol. The fourth-order valence-electron chi connectivity index (χ4n) is 2.72. The van der Waals surface area contributed by atoms with E-state index in [1.165, 1.54) is 18.7 Å². The molecule has 0 saturated carbocycles. The number of imidazole rings is 1. The lowest BCUT2D eigenvalue weighted by Crippen LogP contribution is -2.26. The largest absolute Gasteiger partial charge is 0.355 e. The number of nitrogens with one attached hydrogen (secondary N) is 3. The summed E-state index contributed by atoms with van der Waals surface area (Å²) in [7, 11) is 0. The average Bonchev–Trinajstić information content (AvgIpc) is 3.06. The second kappa shape index (κ2) is 9.61. The molecule has 0 saturated heterocycles. The van der Waals surface area contributed by atoms with E-state index < -0.39 is 0 Å². The molecular formula is C20H21ClN4O2S. The molecule has 0 aliphatic rings. The minimum Gasteiger partial charge on any atom is -0.355 e. The van der Waals surface area contributed by atoms with Crippen LogP contribution in [0.15, 0.2) is 47.4 Å². The Morgan fingerprint density at radius 2 is 2.04 bits per heavy atom. The van der Waals surface area contributed by atoms with Crippen molar-refractivity contribution in [3.63, 3.8) is 0 Å². The summed E-state index contributed by atoms with van der Waals surface area (Å²) < 4.78 is 0. The summed E-state index contributed by atoms with van der Waals surface area (Å²) in [5, 5.41) is 6.36. The summed E-state index contributed by atoms with van der Waals surface area (Å²) in [5.41, 5.74) is 2.52. The number of aromatic nitrogens is 2. The number of para-hydroxylation sites is 1. The van der Waals surface area contributed by atoms with Gasteiger partial charge < -0.3 is 15.6 Å². The molecule has 146 valence electrons. The van der Waals surface area contributed by atoms with Crippen molar-refractivity contribution in [1.82, 2.24) is 15.3 Å². The van der Waals surface area contributed by atoms with Gasteiger partial charge in [0.05, 0.1) is 22.5 Å². The lowest BCUT2D eigenvalue weighted by atomic mass is 10.3. The molecule has 0 unspecified atom stereocenters. The van der Waals surface area contributed by atoms with Crippen LogP contribution in [-0.4, -0.2) is 34.1 Å². The zero-order valence-electron chi connectivity index (χ0n) is 15.4. The smallest absolute Gasteiger partial charge is 0.230 e. The molecule has 2 aromatic carbocycles. The number of carbonyl (C=O) groups is 2. The van der Waals surface area contributed by atoms with Gasteiger partial charge in [0.2, 0.25) is 11.8 Å². The fourth-order valence-corrected chi connectivity index (χ4v) is 3.73. The highest BCUT2D eigenvalue weighted by atomic mass is 35.5. The molecule has 2 amide bonds. The van der Waals surface area contributed by atoms with Gasteiger partial charge >= 0.3 is 0 Å². The molecule has 1 heterocycles. The van der Waals surface area contributed by atoms with Gasteiger partial charge in [0.15, 0.2) is 0 Å². The van der Waals surface area contributed by atoms with Crippen LogP contribution < -0.4 is 10.6 Å². The molecule has 1 aromatic heterocycles. The van der Waals surface area contributed by atoms with Gasteiger partial charge in [-0.2, -0.15) is 0 Å². The number of rotatable bonds is 8. The molecule has 0 radical (unpaired) electrons. The van der Waals surface area contributed by atoms with Gasteiger partial charge in [-0.1, -0.05) is 23.7 Å². The van der Waals surface area contributed by atoms with E-state index in [2.05, 4.69) is 20.6 Å². The fraction of sp³-hybridized carbons (Fsp3) is 0.250. The number of fused-ring (bicyclic) bond motifs is 1. The summed E-state index contributed by atoms with van der Waals surface area (Å²) in [6.07, 6.45) is 1.53. The minimum absolute atomic E-state index is 0.0426. The Morgan fingerprint density at radius 1 is 1.21 bits per heavy atom. The lowest BCUT2D eigenvalue weighted by molar-refractivity contribution is -0.118. The molecule has 3 rings (SSSR count). The van der Waals surface area contributed by atoms with Crippen LogP contribution in [0, 0.1) is 0 Å². The first-order valence-corrected chi connectivity index (χ1v) is 10.3. The summed E-state index contributed by atoms with van der Waals surface area (Å²) >= 11 is 7.38. The molecule has 0 aliphatic heterocycles. The van der Waals surface area contributed by atoms with Crippen LogP contribution in [0.1, 0.15) is 19.2 Å². The van der Waals surface area contributed by atoms with E-state index in [1.807, 2.05) is 42.5 Å². The third-order valence-corrected chi connectivity index (χ3v) is 5.27. The Hall–Kier alpha value is -2.51. The Bertz CT molecular complexity index is 989. The topological polar surface area (TPSA) is 86.9 Å². The predicted octanol–water partition coefficient (Wildman–Crippen LogP) is 4.02. The van der Waals surface area contributed by atoms with Crippen LogP contribution in [0.4, 0.5) is 5.69 Å². The first-order valence-electron chi connectivity index (χ1n) is 8.91. The molecule has 0 spiro atoms. The van der Waals surface area contributed by atoms with Crippen LogP contribution in [0.3, 0.4) is 0 Å². The van der Waals surface area contributed by atoms with Crippen molar-refractivity contribution < 1.29 is 9.59 Å². The number of hydrogen-bond acceptors (Lipinski definition) is 4. The molecular weight excluding hydrogens is 396 g/mol. The van der Waals surface area contributed by atoms with Crippen molar-refractivity contribution in [3.05, 3.63) is 53.3 Å². The maximum atomic E-state index is 12.1. The van der Waals surface area contributed by atoms with Gasteiger partial charge in [-0.15, -0.1) is 11.8 Å². The molecule has 28 heavy (non-hydrogen) atoms. The summed E-state index contributed by atoms with van der Waals surface area (Å²) in [6, 6.07) is 13.0. The number of hydrogen-bond donors (Lipinski definition) is 3. The standard InChI is InChI=1S/C20H21ClN4O2S/c1-13(26)23-16-5-2-3-6-18(16)28-12-20(27)22-10-4-7-19-24-15-9-8-14(21)11-17(15)25-19/h2-3,5-6,8-9,11H,4,7,10,12H2,1H3,(H,22,27)(H,23,26)(H,24,25). The van der Waals surface area contributed by atoms with Gasteiger partial charge in [0.1, 0.15) is 5.82 Å². The van der Waals surface area contributed by atoms with E-state index in [-0.39, 0.29) is 11.8 Å². The van der Waals surface area contributed by atoms with E-state index in [0.717, 1.165) is 40.3 Å². The minimum atomic E-state index is -0.134. The second-order valence-corrected chi connectivity index (χ2v) is 7.72. The third kappa shape index (κ3) is 5.74. The number of anilines is 1. The number of aryl methyl sites for hydroxylation is 1. The Morgan fingerprint density at radius 3 is 2.86 bits per heavy atom. The van der Waals surface area contributed by atoms with E-state index in [9.17, 15) is 9.59 Å². The number of carbonyl (C=O) groups excluding carboxylic acids is 2. The van der Waals surface area contributed by atoms with Crippen molar-refractivity contribution >= 4 is 51.9 Å². The first kappa shape index (κ1) is 20.2. The molecule has 8 heteroatoms. The van der Waals surface area contributed by atoms with Crippen LogP contribution in [0.5, 0.6) is 0 Å². The van der Waals surface area contributed by atoms with E-state index in [0.29, 0.717) is 17.3 Å². The molecule has 3 aromatic rings. The molecule has 3 N–H and O–H groups in total. The van der Waals surface area contributed by atoms with Crippen LogP contribution in [-0.2, 0) is 16.0 Å². The molecule has 0 fully saturated rings. The Balaban J connectivity index is 1.41. The molecule has 0 atom stereocenters. The van der Waals surface area contributed by atoms with E-state index >= 15 is 0 Å². The van der Waals surface area contributed by atoms with Crippen molar-refractivity contribution in [2.24, 2.45) is 0 Å². The third-order valence-electron chi connectivity index (χ3n) is 3.96. The summed E-state index contributed by atoms with van der Waals surface area (Å²) in [5.74, 6) is 0.995. The van der Waals surface area contributed by atoms with Crippen LogP contribution in [0.25, 0.3) is 11.0 Å². The maximum absolute atomic E-state index is 12.1. The number of aromatic amines is 1. The zero-order valence-corrected chi connectivity index (χ0v) is 17.0. The number of halogens is 1. The highest BCUT2D eigenvalue weighted by molar-refractivity contribution is 8.00. The molecule has 0 bridgehead atoms. The highest BCUT2D eigenvalue weighted by Crippen LogP contribution is 2.26. The number of nitrogens with zero attached hydrogens (tertiary/aromatic N) is 1.